The van der Waals surface area contributed by atoms with Gasteiger partial charge in [-0.15, -0.1) is 0 Å². The number of hydrogen-bond donors (Lipinski definition) is 0. The van der Waals surface area contributed by atoms with Crippen LogP contribution in [0.25, 0.3) is 0 Å². The summed E-state index contributed by atoms with van der Waals surface area (Å²) in [6.45, 7) is 3.19. The number of benzene rings is 2. The lowest BCUT2D eigenvalue weighted by Gasteiger charge is -2.22. The number of nitrogens with zero attached hydrogens (tertiary/aromatic N) is 2. The average Bonchev–Trinajstić information content (AvgIpc) is 3.33. The van der Waals surface area contributed by atoms with Crippen LogP contribution in [-0.2, 0) is 22.6 Å². The van der Waals surface area contributed by atoms with Gasteiger partial charge in [0.05, 0.1) is 5.92 Å². The molecule has 2 amide bonds. The Labute approximate surface area is 164 Å². The van der Waals surface area contributed by atoms with Crippen molar-refractivity contribution in [2.24, 2.45) is 5.92 Å². The fraction of sp³-hybridized carbons (Fsp3) is 0.364. The van der Waals surface area contributed by atoms with E-state index in [1.807, 2.05) is 42.5 Å². The Bertz CT molecular complexity index is 911. The molecule has 6 heteroatoms. The maximum atomic E-state index is 13.0. The monoisotopic (exact) mass is 380 g/mol. The summed E-state index contributed by atoms with van der Waals surface area (Å²) >= 11 is 0. The van der Waals surface area contributed by atoms with Crippen LogP contribution in [-0.4, -0.2) is 37.1 Å². The highest BCUT2D eigenvalue weighted by molar-refractivity contribution is 6.00. The highest BCUT2D eigenvalue weighted by atomic mass is 16.7. The van der Waals surface area contributed by atoms with E-state index in [9.17, 15) is 9.59 Å². The minimum atomic E-state index is -0.323. The van der Waals surface area contributed by atoms with Crippen molar-refractivity contribution < 1.29 is 19.1 Å². The molecule has 6 nitrogen and oxygen atoms in total. The van der Waals surface area contributed by atoms with E-state index in [1.54, 1.807) is 16.8 Å². The van der Waals surface area contributed by atoms with E-state index >= 15 is 0 Å². The number of ether oxygens (including phenoxy) is 2. The third-order valence-corrected chi connectivity index (χ3v) is 5.37. The molecule has 1 fully saturated rings. The van der Waals surface area contributed by atoms with Crippen molar-refractivity contribution in [2.75, 3.05) is 25.3 Å². The molecule has 28 heavy (non-hydrogen) atoms. The summed E-state index contributed by atoms with van der Waals surface area (Å²) in [5, 5.41) is 0. The third-order valence-electron chi connectivity index (χ3n) is 5.37. The molecule has 2 aliphatic heterocycles. The van der Waals surface area contributed by atoms with Gasteiger partial charge >= 0.3 is 0 Å². The van der Waals surface area contributed by atoms with Gasteiger partial charge < -0.3 is 19.3 Å². The number of carbonyl (C=O) groups is 2. The van der Waals surface area contributed by atoms with E-state index in [0.717, 1.165) is 29.0 Å². The van der Waals surface area contributed by atoms with E-state index in [2.05, 4.69) is 6.92 Å². The fourth-order valence-electron chi connectivity index (χ4n) is 3.88. The van der Waals surface area contributed by atoms with Gasteiger partial charge in [0, 0.05) is 32.2 Å². The number of hydrogen-bond acceptors (Lipinski definition) is 4. The minimum absolute atomic E-state index is 0.00993. The normalized spacial score (nSPS) is 17.9. The van der Waals surface area contributed by atoms with Crippen LogP contribution >= 0.6 is 0 Å². The maximum Gasteiger partial charge on any atom is 0.231 e. The van der Waals surface area contributed by atoms with Gasteiger partial charge in [-0.25, -0.2) is 0 Å². The van der Waals surface area contributed by atoms with Crippen LogP contribution < -0.4 is 14.4 Å². The van der Waals surface area contributed by atoms with Gasteiger partial charge in [0.25, 0.3) is 0 Å². The summed E-state index contributed by atoms with van der Waals surface area (Å²) in [6, 6.07) is 13.6. The first-order valence-corrected chi connectivity index (χ1v) is 9.58. The van der Waals surface area contributed by atoms with Crippen LogP contribution in [0, 0.1) is 5.92 Å². The van der Waals surface area contributed by atoms with Crippen LogP contribution in [0.15, 0.2) is 42.5 Å². The smallest absolute Gasteiger partial charge is 0.231 e. The Morgan fingerprint density at radius 1 is 1.18 bits per heavy atom. The number of amides is 2. The van der Waals surface area contributed by atoms with Gasteiger partial charge in [-0.3, -0.25) is 9.59 Å². The number of fused-ring (bicyclic) bond motifs is 1. The molecule has 0 spiro atoms. The zero-order chi connectivity index (χ0) is 19.7. The Hall–Kier alpha value is -3.02. The van der Waals surface area contributed by atoms with Gasteiger partial charge in [-0.05, 0) is 35.7 Å². The first-order chi connectivity index (χ1) is 13.6. The number of anilines is 1. The van der Waals surface area contributed by atoms with Crippen LogP contribution in [0.2, 0.25) is 0 Å². The van der Waals surface area contributed by atoms with Crippen molar-refractivity contribution in [3.05, 3.63) is 53.6 Å². The predicted octanol–water partition coefficient (Wildman–Crippen LogP) is 2.99. The quantitative estimate of drug-likeness (QED) is 0.800. The molecule has 0 aliphatic carbocycles. The highest BCUT2D eigenvalue weighted by Crippen LogP contribution is 2.33. The maximum absolute atomic E-state index is 13.0. The molecule has 1 atom stereocenters. The number of rotatable bonds is 5. The topological polar surface area (TPSA) is 59.1 Å². The molecule has 1 saturated heterocycles. The molecule has 2 aromatic rings. The molecule has 146 valence electrons. The number of carbonyl (C=O) groups excluding carboxylic acids is 2. The van der Waals surface area contributed by atoms with E-state index < -0.39 is 0 Å². The van der Waals surface area contributed by atoms with Crippen molar-refractivity contribution in [1.29, 1.82) is 0 Å². The second-order valence-corrected chi connectivity index (χ2v) is 7.27. The molecular weight excluding hydrogens is 356 g/mol. The first kappa shape index (κ1) is 18.3. The molecule has 0 radical (unpaired) electrons. The standard InChI is InChI=1S/C22H24N2O4/c1-3-16-6-4-5-7-18(16)24-13-17(11-21(24)25)22(26)23(2)12-15-8-9-19-20(10-15)28-14-27-19/h4-10,17H,3,11-14H2,1-2H3. The van der Waals surface area contributed by atoms with Crippen molar-refractivity contribution in [1.82, 2.24) is 4.90 Å². The van der Waals surface area contributed by atoms with Crippen molar-refractivity contribution in [3.8, 4) is 11.5 Å². The summed E-state index contributed by atoms with van der Waals surface area (Å²) in [5.74, 6) is 1.11. The average molecular weight is 380 g/mol. The number of aryl methyl sites for hydroxylation is 1. The van der Waals surface area contributed by atoms with Crippen molar-refractivity contribution in [3.63, 3.8) is 0 Å². The largest absolute Gasteiger partial charge is 0.454 e. The van der Waals surface area contributed by atoms with Gasteiger partial charge in [0.15, 0.2) is 11.5 Å². The summed E-state index contributed by atoms with van der Waals surface area (Å²) in [4.78, 5) is 29.0. The van der Waals surface area contributed by atoms with E-state index in [0.29, 0.717) is 18.8 Å². The lowest BCUT2D eigenvalue weighted by Crippen LogP contribution is -2.34. The lowest BCUT2D eigenvalue weighted by atomic mass is 10.1. The van der Waals surface area contributed by atoms with E-state index in [4.69, 9.17) is 9.47 Å². The van der Waals surface area contributed by atoms with E-state index in [1.165, 1.54) is 0 Å². The summed E-state index contributed by atoms with van der Waals surface area (Å²) in [6.07, 6.45) is 1.10. The van der Waals surface area contributed by atoms with Gasteiger partial charge in [0.2, 0.25) is 18.6 Å². The van der Waals surface area contributed by atoms with Gasteiger partial charge in [0.1, 0.15) is 0 Å². The Morgan fingerprint density at radius 3 is 2.79 bits per heavy atom. The first-order valence-electron chi connectivity index (χ1n) is 9.58. The van der Waals surface area contributed by atoms with Gasteiger partial charge in [-0.2, -0.15) is 0 Å². The predicted molar refractivity (Wildman–Crippen MR) is 105 cm³/mol. The second-order valence-electron chi connectivity index (χ2n) is 7.27. The molecule has 0 bridgehead atoms. The third kappa shape index (κ3) is 3.42. The van der Waals surface area contributed by atoms with Crippen LogP contribution in [0.4, 0.5) is 5.69 Å². The molecule has 1 unspecified atom stereocenters. The summed E-state index contributed by atoms with van der Waals surface area (Å²) in [7, 11) is 1.78. The molecule has 2 aliphatic rings. The molecular formula is C22H24N2O4. The highest BCUT2D eigenvalue weighted by Gasteiger charge is 2.37. The molecule has 0 N–H and O–H groups in total. The summed E-state index contributed by atoms with van der Waals surface area (Å²) in [5.41, 5.74) is 3.01. The molecule has 2 aromatic carbocycles. The Morgan fingerprint density at radius 2 is 1.96 bits per heavy atom. The van der Waals surface area contributed by atoms with Gasteiger partial charge in [-0.1, -0.05) is 31.2 Å². The molecule has 4 rings (SSSR count). The fourth-order valence-corrected chi connectivity index (χ4v) is 3.88. The van der Waals surface area contributed by atoms with Crippen LogP contribution in [0.3, 0.4) is 0 Å². The molecule has 0 aromatic heterocycles. The summed E-state index contributed by atoms with van der Waals surface area (Å²) < 4.78 is 10.7. The lowest BCUT2D eigenvalue weighted by molar-refractivity contribution is -0.135. The second kappa shape index (κ2) is 7.54. The Kier molecular flexibility index (Phi) is 4.94. The zero-order valence-corrected chi connectivity index (χ0v) is 16.2. The molecule has 0 saturated carbocycles. The zero-order valence-electron chi connectivity index (χ0n) is 16.2. The number of para-hydroxylation sites is 1. The SMILES string of the molecule is CCc1ccccc1N1CC(C(=O)N(C)Cc2ccc3c(c2)OCO3)CC1=O. The minimum Gasteiger partial charge on any atom is -0.454 e. The van der Waals surface area contributed by atoms with Crippen LogP contribution in [0.5, 0.6) is 11.5 Å². The van der Waals surface area contributed by atoms with E-state index in [-0.39, 0.29) is 30.9 Å². The van der Waals surface area contributed by atoms with Crippen molar-refractivity contribution >= 4 is 17.5 Å². The van der Waals surface area contributed by atoms with Crippen molar-refractivity contribution in [2.45, 2.75) is 26.3 Å². The molecule has 2 heterocycles. The Balaban J connectivity index is 1.44. The van der Waals surface area contributed by atoms with Crippen LogP contribution in [0.1, 0.15) is 24.5 Å².